The van der Waals surface area contributed by atoms with Gasteiger partial charge in [-0.25, -0.2) is 4.99 Å². The topological polar surface area (TPSA) is 41.9 Å². The van der Waals surface area contributed by atoms with Crippen molar-refractivity contribution in [2.24, 2.45) is 4.99 Å². The van der Waals surface area contributed by atoms with Gasteiger partial charge in [-0.15, -0.1) is 11.3 Å². The number of amides is 1. The van der Waals surface area contributed by atoms with Gasteiger partial charge in [0.05, 0.1) is 17.7 Å². The zero-order chi connectivity index (χ0) is 19.5. The Labute approximate surface area is 172 Å². The third-order valence-corrected chi connectivity index (χ3v) is 6.38. The van der Waals surface area contributed by atoms with Gasteiger partial charge < -0.3 is 4.74 Å². The van der Waals surface area contributed by atoms with E-state index >= 15 is 0 Å². The summed E-state index contributed by atoms with van der Waals surface area (Å²) in [6.07, 6.45) is 1.94. The number of benzene rings is 2. The van der Waals surface area contributed by atoms with Crippen LogP contribution in [0.3, 0.4) is 0 Å². The van der Waals surface area contributed by atoms with E-state index in [4.69, 9.17) is 4.74 Å². The first-order chi connectivity index (χ1) is 13.6. The van der Waals surface area contributed by atoms with Crippen molar-refractivity contribution in [2.75, 3.05) is 14.2 Å². The van der Waals surface area contributed by atoms with Crippen molar-refractivity contribution in [3.63, 3.8) is 0 Å². The standard InChI is InChI=1S/C22H18N2O2S2/c1-24-21(25)20(28-22(24)23-16-8-4-3-5-9-16)14-18-11-12-19(27-18)15-7-6-10-17(13-15)26-2/h3-14H,1-2H3/b20-14-,23-22?. The predicted octanol–water partition coefficient (Wildman–Crippen LogP) is 5.66. The molecule has 1 aromatic heterocycles. The number of hydrogen-bond donors (Lipinski definition) is 0. The quantitative estimate of drug-likeness (QED) is 0.525. The number of rotatable bonds is 4. The first kappa shape index (κ1) is 18.5. The molecular weight excluding hydrogens is 388 g/mol. The molecule has 0 aliphatic carbocycles. The summed E-state index contributed by atoms with van der Waals surface area (Å²) in [5.74, 6) is 0.798. The first-order valence-electron chi connectivity index (χ1n) is 8.69. The molecule has 4 rings (SSSR count). The number of aliphatic imine (C=N–C) groups is 1. The van der Waals surface area contributed by atoms with E-state index in [2.05, 4.69) is 17.1 Å². The lowest BCUT2D eigenvalue weighted by Gasteiger charge is -2.06. The number of thioether (sulfide) groups is 1. The molecule has 2 aromatic carbocycles. The molecule has 140 valence electrons. The fourth-order valence-electron chi connectivity index (χ4n) is 2.76. The van der Waals surface area contributed by atoms with Crippen molar-refractivity contribution < 1.29 is 9.53 Å². The van der Waals surface area contributed by atoms with Crippen LogP contribution in [-0.4, -0.2) is 30.1 Å². The fourth-order valence-corrected chi connectivity index (χ4v) is 4.76. The molecule has 1 aliphatic rings. The highest BCUT2D eigenvalue weighted by Crippen LogP contribution is 2.36. The van der Waals surface area contributed by atoms with Gasteiger partial charge in [0.25, 0.3) is 5.91 Å². The monoisotopic (exact) mass is 406 g/mol. The molecule has 0 saturated carbocycles. The lowest BCUT2D eigenvalue weighted by Crippen LogP contribution is -2.23. The lowest BCUT2D eigenvalue weighted by molar-refractivity contribution is -0.121. The molecule has 1 fully saturated rings. The molecule has 0 bridgehead atoms. The Morgan fingerprint density at radius 2 is 1.86 bits per heavy atom. The van der Waals surface area contributed by atoms with Crippen LogP contribution in [0.25, 0.3) is 16.5 Å². The number of methoxy groups -OCH3 is 1. The van der Waals surface area contributed by atoms with Gasteiger partial charge in [-0.2, -0.15) is 0 Å². The molecule has 28 heavy (non-hydrogen) atoms. The van der Waals surface area contributed by atoms with Gasteiger partial charge in [-0.1, -0.05) is 30.3 Å². The number of carbonyl (C=O) groups is 1. The second-order valence-electron chi connectivity index (χ2n) is 6.14. The maximum Gasteiger partial charge on any atom is 0.266 e. The Hall–Kier alpha value is -2.83. The van der Waals surface area contributed by atoms with Gasteiger partial charge in [0.2, 0.25) is 0 Å². The van der Waals surface area contributed by atoms with Crippen LogP contribution in [0, 0.1) is 0 Å². The van der Waals surface area contributed by atoms with Crippen LogP contribution >= 0.6 is 23.1 Å². The summed E-state index contributed by atoms with van der Waals surface area (Å²) in [5, 5.41) is 0.687. The molecule has 0 atom stereocenters. The van der Waals surface area contributed by atoms with E-state index in [0.29, 0.717) is 10.1 Å². The smallest absolute Gasteiger partial charge is 0.266 e. The molecule has 2 heterocycles. The largest absolute Gasteiger partial charge is 0.497 e. The summed E-state index contributed by atoms with van der Waals surface area (Å²) in [7, 11) is 3.42. The van der Waals surface area contributed by atoms with Gasteiger partial charge in [0.1, 0.15) is 5.75 Å². The first-order valence-corrected chi connectivity index (χ1v) is 10.3. The molecule has 4 nitrogen and oxygen atoms in total. The summed E-state index contributed by atoms with van der Waals surface area (Å²) < 4.78 is 5.30. The maximum absolute atomic E-state index is 12.6. The number of thiophene rings is 1. The lowest BCUT2D eigenvalue weighted by atomic mass is 10.2. The summed E-state index contributed by atoms with van der Waals surface area (Å²) >= 11 is 3.05. The molecule has 1 amide bonds. The second-order valence-corrected chi connectivity index (χ2v) is 8.26. The van der Waals surface area contributed by atoms with Crippen LogP contribution in [0.15, 0.2) is 76.6 Å². The zero-order valence-corrected chi connectivity index (χ0v) is 17.1. The molecule has 3 aromatic rings. The van der Waals surface area contributed by atoms with E-state index in [1.54, 1.807) is 30.4 Å². The van der Waals surface area contributed by atoms with Gasteiger partial charge in [0.15, 0.2) is 5.17 Å². The molecule has 0 spiro atoms. The Balaban J connectivity index is 1.58. The third-order valence-electron chi connectivity index (χ3n) is 4.24. The molecule has 0 unspecified atom stereocenters. The minimum atomic E-state index is -0.0315. The summed E-state index contributed by atoms with van der Waals surface area (Å²) in [4.78, 5) is 21.6. The van der Waals surface area contributed by atoms with Crippen LogP contribution in [0.4, 0.5) is 5.69 Å². The third kappa shape index (κ3) is 3.88. The average Bonchev–Trinajstić information content (AvgIpc) is 3.30. The Kier molecular flexibility index (Phi) is 5.32. The minimum absolute atomic E-state index is 0.0315. The number of amidine groups is 1. The highest BCUT2D eigenvalue weighted by Gasteiger charge is 2.30. The molecule has 0 N–H and O–H groups in total. The SMILES string of the molecule is COc1cccc(-c2ccc(/C=C3\SC(=Nc4ccccc4)N(C)C3=O)s2)c1. The van der Waals surface area contributed by atoms with Crippen molar-refractivity contribution in [3.8, 4) is 16.2 Å². The number of para-hydroxylation sites is 1. The van der Waals surface area contributed by atoms with E-state index in [1.165, 1.54) is 11.8 Å². The van der Waals surface area contributed by atoms with E-state index in [1.807, 2.05) is 60.7 Å². The number of likely N-dealkylation sites (N-methyl/N-ethyl adjacent to an activating group) is 1. The van der Waals surface area contributed by atoms with Gasteiger partial charge in [-0.3, -0.25) is 9.69 Å². The fraction of sp³-hybridized carbons (Fsp3) is 0.0909. The molecule has 0 radical (unpaired) electrons. The second kappa shape index (κ2) is 8.04. The van der Waals surface area contributed by atoms with Crippen LogP contribution in [0.1, 0.15) is 4.88 Å². The van der Waals surface area contributed by atoms with Crippen molar-refractivity contribution in [2.45, 2.75) is 0 Å². The Bertz CT molecular complexity index is 1070. The highest BCUT2D eigenvalue weighted by molar-refractivity contribution is 8.18. The molecule has 6 heteroatoms. The minimum Gasteiger partial charge on any atom is -0.497 e. The van der Waals surface area contributed by atoms with Crippen LogP contribution in [-0.2, 0) is 4.79 Å². The van der Waals surface area contributed by atoms with Crippen LogP contribution in [0.5, 0.6) is 5.75 Å². The summed E-state index contributed by atoms with van der Waals surface area (Å²) in [6.45, 7) is 0. The average molecular weight is 407 g/mol. The number of ether oxygens (including phenoxy) is 1. The van der Waals surface area contributed by atoms with E-state index in [0.717, 1.165) is 26.8 Å². The van der Waals surface area contributed by atoms with E-state index in [9.17, 15) is 4.79 Å². The van der Waals surface area contributed by atoms with Gasteiger partial charge in [0, 0.05) is 16.8 Å². The van der Waals surface area contributed by atoms with Crippen molar-refractivity contribution >= 4 is 45.9 Å². The van der Waals surface area contributed by atoms with Crippen LogP contribution in [0.2, 0.25) is 0 Å². The highest BCUT2D eigenvalue weighted by atomic mass is 32.2. The molecular formula is C22H18N2O2S2. The van der Waals surface area contributed by atoms with Gasteiger partial charge in [-0.05, 0) is 59.8 Å². The molecule has 1 saturated heterocycles. The van der Waals surface area contributed by atoms with Crippen molar-refractivity contribution in [1.29, 1.82) is 0 Å². The Morgan fingerprint density at radius 3 is 2.64 bits per heavy atom. The van der Waals surface area contributed by atoms with Crippen LogP contribution < -0.4 is 4.74 Å². The number of nitrogens with zero attached hydrogens (tertiary/aromatic N) is 2. The summed E-state index contributed by atoms with van der Waals surface area (Å²) in [5.41, 5.74) is 1.94. The normalized spacial score (nSPS) is 16.9. The van der Waals surface area contributed by atoms with E-state index < -0.39 is 0 Å². The van der Waals surface area contributed by atoms with Gasteiger partial charge >= 0.3 is 0 Å². The van der Waals surface area contributed by atoms with Crippen molar-refractivity contribution in [1.82, 2.24) is 4.90 Å². The Morgan fingerprint density at radius 1 is 1.04 bits per heavy atom. The maximum atomic E-state index is 12.6. The predicted molar refractivity (Wildman–Crippen MR) is 118 cm³/mol. The van der Waals surface area contributed by atoms with Crippen molar-refractivity contribution in [3.05, 3.63) is 76.5 Å². The number of carbonyl (C=O) groups excluding carboxylic acids is 1. The summed E-state index contributed by atoms with van der Waals surface area (Å²) in [6, 6.07) is 21.7. The number of hydrogen-bond acceptors (Lipinski definition) is 5. The molecule has 1 aliphatic heterocycles. The van der Waals surface area contributed by atoms with E-state index in [-0.39, 0.29) is 5.91 Å². The zero-order valence-electron chi connectivity index (χ0n) is 15.5.